The fraction of sp³-hybridized carbons (Fsp3) is 0.111. The highest BCUT2D eigenvalue weighted by Crippen LogP contribution is 2.31. The van der Waals surface area contributed by atoms with Crippen molar-refractivity contribution in [1.82, 2.24) is 19.8 Å². The normalized spacial score (nSPS) is 10.9. The van der Waals surface area contributed by atoms with Crippen molar-refractivity contribution >= 4 is 27.9 Å². The number of fused-ring (bicyclic) bond motifs is 1. The summed E-state index contributed by atoms with van der Waals surface area (Å²) in [5.74, 6) is 0.681. The van der Waals surface area contributed by atoms with Crippen LogP contribution in [0.15, 0.2) is 54.6 Å². The molecule has 0 fully saturated rings. The molecule has 0 aliphatic heterocycles. The van der Waals surface area contributed by atoms with Gasteiger partial charge in [-0.25, -0.2) is 0 Å². The van der Waals surface area contributed by atoms with Crippen molar-refractivity contribution < 1.29 is 4.79 Å². The highest BCUT2D eigenvalue weighted by molar-refractivity contribution is 7.19. The average Bonchev–Trinajstić information content (AvgIpc) is 3.18. The number of aromatic nitrogens is 4. The molecule has 1 N–H and O–H groups in total. The Kier molecular flexibility index (Phi) is 3.99. The molecule has 0 aliphatic carbocycles. The molecular formula is C18H15N5OS. The van der Waals surface area contributed by atoms with E-state index in [1.54, 1.807) is 4.52 Å². The summed E-state index contributed by atoms with van der Waals surface area (Å²) in [7, 11) is 0. The number of anilines is 1. The molecule has 0 bridgehead atoms. The molecule has 2 aromatic carbocycles. The number of carbonyl (C=O) groups excluding carboxylic acids is 1. The number of nitrogens with one attached hydrogen (secondary N) is 1. The monoisotopic (exact) mass is 349 g/mol. The van der Waals surface area contributed by atoms with Gasteiger partial charge in [-0.1, -0.05) is 53.8 Å². The van der Waals surface area contributed by atoms with E-state index in [2.05, 4.69) is 20.6 Å². The lowest BCUT2D eigenvalue weighted by Crippen LogP contribution is -2.14. The minimum Gasteiger partial charge on any atom is -0.325 e. The van der Waals surface area contributed by atoms with E-state index in [1.807, 2.05) is 61.5 Å². The van der Waals surface area contributed by atoms with E-state index in [0.717, 1.165) is 32.6 Å². The summed E-state index contributed by atoms with van der Waals surface area (Å²) in [6.07, 6.45) is 0.333. The van der Waals surface area contributed by atoms with Crippen LogP contribution in [0.5, 0.6) is 0 Å². The van der Waals surface area contributed by atoms with Crippen molar-refractivity contribution in [3.63, 3.8) is 0 Å². The zero-order valence-electron chi connectivity index (χ0n) is 13.5. The Balaban J connectivity index is 1.61. The molecule has 0 atom stereocenters. The number of amides is 1. The van der Waals surface area contributed by atoms with Crippen LogP contribution in [-0.2, 0) is 11.2 Å². The first-order chi connectivity index (χ1) is 12.2. The quantitative estimate of drug-likeness (QED) is 0.613. The average molecular weight is 349 g/mol. The van der Waals surface area contributed by atoms with Gasteiger partial charge in [-0.3, -0.25) is 4.79 Å². The van der Waals surface area contributed by atoms with Gasteiger partial charge in [0.2, 0.25) is 10.9 Å². The van der Waals surface area contributed by atoms with Crippen molar-refractivity contribution in [3.8, 4) is 10.6 Å². The van der Waals surface area contributed by atoms with E-state index >= 15 is 0 Å². The van der Waals surface area contributed by atoms with Crippen molar-refractivity contribution in [2.45, 2.75) is 13.3 Å². The Morgan fingerprint density at radius 3 is 2.64 bits per heavy atom. The van der Waals surface area contributed by atoms with Gasteiger partial charge in [-0.05, 0) is 24.6 Å². The van der Waals surface area contributed by atoms with Gasteiger partial charge in [0.05, 0.1) is 12.1 Å². The van der Waals surface area contributed by atoms with E-state index in [1.165, 1.54) is 11.3 Å². The van der Waals surface area contributed by atoms with Crippen LogP contribution in [0.4, 0.5) is 5.69 Å². The maximum atomic E-state index is 12.4. The van der Waals surface area contributed by atoms with Crippen LogP contribution in [0.25, 0.3) is 15.5 Å². The van der Waals surface area contributed by atoms with Gasteiger partial charge in [0, 0.05) is 5.56 Å². The molecule has 0 saturated carbocycles. The van der Waals surface area contributed by atoms with Gasteiger partial charge in [-0.2, -0.15) is 9.61 Å². The third-order valence-electron chi connectivity index (χ3n) is 3.79. The van der Waals surface area contributed by atoms with Gasteiger partial charge in [0.1, 0.15) is 5.01 Å². The molecule has 7 heteroatoms. The molecule has 2 heterocycles. The lowest BCUT2D eigenvalue weighted by Gasteiger charge is -2.09. The smallest absolute Gasteiger partial charge is 0.234 e. The first-order valence-electron chi connectivity index (χ1n) is 7.83. The Morgan fingerprint density at radius 1 is 1.08 bits per heavy atom. The SMILES string of the molecule is Cc1nnc2sc(-c3ccccc3NC(=O)Cc3ccccc3)nn12. The van der Waals surface area contributed by atoms with Gasteiger partial charge in [0.25, 0.3) is 0 Å². The van der Waals surface area contributed by atoms with Gasteiger partial charge in [0.15, 0.2) is 5.82 Å². The zero-order chi connectivity index (χ0) is 17.2. The third kappa shape index (κ3) is 3.14. The molecular weight excluding hydrogens is 334 g/mol. The molecule has 0 unspecified atom stereocenters. The summed E-state index contributed by atoms with van der Waals surface area (Å²) in [6, 6.07) is 17.3. The molecule has 0 radical (unpaired) electrons. The van der Waals surface area contributed by atoms with E-state index in [9.17, 15) is 4.79 Å². The number of hydrogen-bond donors (Lipinski definition) is 1. The Bertz CT molecular complexity index is 1040. The standard InChI is InChI=1S/C18H15N5OS/c1-12-20-21-18-23(12)22-17(25-18)14-9-5-6-10-15(14)19-16(24)11-13-7-3-2-4-8-13/h2-10H,11H2,1H3,(H,19,24). The second-order valence-electron chi connectivity index (χ2n) is 5.60. The van der Waals surface area contributed by atoms with Crippen LogP contribution >= 0.6 is 11.3 Å². The minimum atomic E-state index is -0.0576. The van der Waals surface area contributed by atoms with Crippen LogP contribution in [0.1, 0.15) is 11.4 Å². The summed E-state index contributed by atoms with van der Waals surface area (Å²) in [6.45, 7) is 1.86. The summed E-state index contributed by atoms with van der Waals surface area (Å²) in [4.78, 5) is 13.1. The summed E-state index contributed by atoms with van der Waals surface area (Å²) in [5, 5.41) is 16.4. The van der Waals surface area contributed by atoms with Crippen LogP contribution in [0.2, 0.25) is 0 Å². The van der Waals surface area contributed by atoms with Gasteiger partial charge in [-0.15, -0.1) is 10.2 Å². The van der Waals surface area contributed by atoms with Crippen LogP contribution in [0, 0.1) is 6.92 Å². The highest BCUT2D eigenvalue weighted by Gasteiger charge is 2.14. The Labute approximate surface area is 148 Å². The first kappa shape index (κ1) is 15.5. The number of aryl methyl sites for hydroxylation is 1. The van der Waals surface area contributed by atoms with Crippen molar-refractivity contribution in [2.75, 3.05) is 5.32 Å². The van der Waals surface area contributed by atoms with E-state index in [-0.39, 0.29) is 5.91 Å². The summed E-state index contributed by atoms with van der Waals surface area (Å²) < 4.78 is 1.71. The summed E-state index contributed by atoms with van der Waals surface area (Å²) >= 11 is 1.44. The second-order valence-corrected chi connectivity index (χ2v) is 6.56. The number of benzene rings is 2. The molecule has 4 rings (SSSR count). The van der Waals surface area contributed by atoms with Crippen molar-refractivity contribution in [1.29, 1.82) is 0 Å². The number of rotatable bonds is 4. The van der Waals surface area contributed by atoms with Crippen molar-refractivity contribution in [2.24, 2.45) is 0 Å². The topological polar surface area (TPSA) is 72.2 Å². The number of hydrogen-bond acceptors (Lipinski definition) is 5. The lowest BCUT2D eigenvalue weighted by molar-refractivity contribution is -0.115. The van der Waals surface area contributed by atoms with Crippen molar-refractivity contribution in [3.05, 3.63) is 66.0 Å². The molecule has 1 amide bonds. The van der Waals surface area contributed by atoms with Gasteiger partial charge < -0.3 is 5.32 Å². The lowest BCUT2D eigenvalue weighted by atomic mass is 10.1. The number of carbonyl (C=O) groups is 1. The van der Waals surface area contributed by atoms with Crippen LogP contribution < -0.4 is 5.32 Å². The maximum absolute atomic E-state index is 12.4. The molecule has 0 saturated heterocycles. The second kappa shape index (κ2) is 6.45. The predicted octanol–water partition coefficient (Wildman–Crippen LogP) is 3.34. The molecule has 0 spiro atoms. The molecule has 4 aromatic rings. The minimum absolute atomic E-state index is 0.0576. The number of nitrogens with zero attached hydrogens (tertiary/aromatic N) is 4. The summed E-state index contributed by atoms with van der Waals surface area (Å²) in [5.41, 5.74) is 2.59. The fourth-order valence-corrected chi connectivity index (χ4v) is 3.50. The molecule has 124 valence electrons. The van der Waals surface area contributed by atoms with Gasteiger partial charge >= 0.3 is 0 Å². The Hall–Kier alpha value is -3.06. The molecule has 25 heavy (non-hydrogen) atoms. The maximum Gasteiger partial charge on any atom is 0.234 e. The molecule has 0 aliphatic rings. The van der Waals surface area contributed by atoms with Crippen LogP contribution in [0.3, 0.4) is 0 Å². The number of para-hydroxylation sites is 1. The van der Waals surface area contributed by atoms with E-state index in [4.69, 9.17) is 0 Å². The predicted molar refractivity (Wildman–Crippen MR) is 97.6 cm³/mol. The largest absolute Gasteiger partial charge is 0.325 e. The zero-order valence-corrected chi connectivity index (χ0v) is 14.3. The van der Waals surface area contributed by atoms with Crippen LogP contribution in [-0.4, -0.2) is 25.7 Å². The van der Waals surface area contributed by atoms with E-state index < -0.39 is 0 Å². The Morgan fingerprint density at radius 2 is 1.84 bits per heavy atom. The first-order valence-corrected chi connectivity index (χ1v) is 8.64. The fourth-order valence-electron chi connectivity index (χ4n) is 2.58. The van der Waals surface area contributed by atoms with E-state index in [0.29, 0.717) is 6.42 Å². The molecule has 6 nitrogen and oxygen atoms in total. The highest BCUT2D eigenvalue weighted by atomic mass is 32.1. The third-order valence-corrected chi connectivity index (χ3v) is 4.72. The molecule has 2 aromatic heterocycles.